The second-order valence-corrected chi connectivity index (χ2v) is 20.7. The molecule has 0 radical (unpaired) electrons. The average molecular weight is 893 g/mol. The molecule has 0 aromatic carbocycles. The molecule has 2 aromatic rings. The van der Waals surface area contributed by atoms with Crippen LogP contribution >= 0.6 is 0 Å². The molecular formula is C55H80N4O6. The van der Waals surface area contributed by atoms with Gasteiger partial charge in [0, 0.05) is 80.1 Å². The standard InChI is InChI=1S/C55H80N4O6/c1-13-39-34(7)41-29-46-48(38(11)60)36(9)43(57-46)27-42-35(8)40(52(58-42)50-51(55(63)64-12)54(62)49-37(10)44(59-53(49)50)28-45(39)56-41)23-24-47(61)65-26-25-33(6)22-16-21-32(5)20-15-19-31(4)18-14-17-30(2)3/h27-35,39-40,57-60,62H,13-26H2,1-12H3/b42-27?,45-28?,46-29?,48-38-,52-50?. The number of carbonyl (C=O) groups is 2. The first-order valence-corrected chi connectivity index (χ1v) is 25.0. The highest BCUT2D eigenvalue weighted by molar-refractivity contribution is 6.12. The van der Waals surface area contributed by atoms with Gasteiger partial charge in [-0.3, -0.25) is 9.78 Å². The van der Waals surface area contributed by atoms with Gasteiger partial charge in [-0.25, -0.2) is 4.79 Å². The third kappa shape index (κ3) is 11.1. The van der Waals surface area contributed by atoms with Gasteiger partial charge in [0.2, 0.25) is 0 Å². The Kier molecular flexibility index (Phi) is 16.6. The number of H-pyrrole nitrogens is 3. The van der Waals surface area contributed by atoms with Crippen LogP contribution in [-0.4, -0.2) is 55.8 Å². The van der Waals surface area contributed by atoms with E-state index in [1.165, 1.54) is 58.5 Å². The van der Waals surface area contributed by atoms with Gasteiger partial charge in [0.25, 0.3) is 0 Å². The number of hydrogen-bond donors (Lipinski definition) is 5. The van der Waals surface area contributed by atoms with Crippen molar-refractivity contribution in [1.29, 1.82) is 0 Å². The third-order valence-electron chi connectivity index (χ3n) is 15.2. The van der Waals surface area contributed by atoms with E-state index in [0.29, 0.717) is 35.6 Å². The first-order chi connectivity index (χ1) is 30.9. The maximum Gasteiger partial charge on any atom is 0.342 e. The molecule has 0 fully saturated rings. The van der Waals surface area contributed by atoms with Crippen molar-refractivity contribution in [2.75, 3.05) is 13.7 Å². The molecule has 0 amide bonds. The highest BCUT2D eigenvalue weighted by Gasteiger charge is 2.38. The number of aromatic hydroxyl groups is 1. The molecule has 0 spiro atoms. The van der Waals surface area contributed by atoms with Gasteiger partial charge in [-0.05, 0) is 93.0 Å². The number of aromatic amines is 3. The Morgan fingerprint density at radius 2 is 1.37 bits per heavy atom. The van der Waals surface area contributed by atoms with Crippen molar-refractivity contribution in [2.45, 2.75) is 183 Å². The summed E-state index contributed by atoms with van der Waals surface area (Å²) in [5, 5.41) is 24.2. The van der Waals surface area contributed by atoms with E-state index in [4.69, 9.17) is 14.5 Å². The van der Waals surface area contributed by atoms with Crippen molar-refractivity contribution in [3.05, 3.63) is 62.9 Å². The average Bonchev–Trinajstić information content (AvgIpc) is 4.00. The van der Waals surface area contributed by atoms with Crippen LogP contribution in [0.25, 0.3) is 39.0 Å². The van der Waals surface area contributed by atoms with Crippen LogP contribution in [0.4, 0.5) is 0 Å². The number of esters is 2. The van der Waals surface area contributed by atoms with Crippen LogP contribution in [0, 0.1) is 37.5 Å². The Morgan fingerprint density at radius 3 is 1.97 bits per heavy atom. The van der Waals surface area contributed by atoms with Crippen LogP contribution in [-0.2, 0) is 14.3 Å². The first-order valence-electron chi connectivity index (χ1n) is 25.0. The lowest BCUT2D eigenvalue weighted by molar-refractivity contribution is -0.144. The van der Waals surface area contributed by atoms with Gasteiger partial charge < -0.3 is 34.6 Å². The van der Waals surface area contributed by atoms with E-state index < -0.39 is 5.97 Å². The lowest BCUT2D eigenvalue weighted by Crippen LogP contribution is -2.12. The molecule has 1 aliphatic carbocycles. The Hall–Kier alpha value is -4.73. The number of ether oxygens (including phenoxy) is 2. The molecule has 65 heavy (non-hydrogen) atoms. The summed E-state index contributed by atoms with van der Waals surface area (Å²) >= 11 is 0. The molecule has 2 aromatic heterocycles. The maximum absolute atomic E-state index is 13.6. The molecule has 7 unspecified atom stereocenters. The molecule has 7 atom stereocenters. The Morgan fingerprint density at radius 1 is 0.769 bits per heavy atom. The molecule has 5 heterocycles. The van der Waals surface area contributed by atoms with Crippen LogP contribution < -0.4 is 5.22 Å². The molecule has 6 rings (SSSR count). The van der Waals surface area contributed by atoms with E-state index in [-0.39, 0.29) is 53.1 Å². The van der Waals surface area contributed by atoms with E-state index in [1.807, 2.05) is 13.8 Å². The Bertz CT molecular complexity index is 2470. The summed E-state index contributed by atoms with van der Waals surface area (Å²) in [5.41, 5.74) is 8.86. The normalized spacial score (nSPS) is 19.5. The lowest BCUT2D eigenvalue weighted by Gasteiger charge is -2.18. The van der Waals surface area contributed by atoms with E-state index in [1.54, 1.807) is 6.92 Å². The van der Waals surface area contributed by atoms with Crippen LogP contribution in [0.3, 0.4) is 0 Å². The van der Waals surface area contributed by atoms with Crippen LogP contribution in [0.1, 0.15) is 214 Å². The summed E-state index contributed by atoms with van der Waals surface area (Å²) in [4.78, 5) is 43.2. The van der Waals surface area contributed by atoms with Crippen molar-refractivity contribution in [2.24, 2.45) is 23.7 Å². The van der Waals surface area contributed by atoms with Crippen molar-refractivity contribution >= 4 is 39.6 Å². The van der Waals surface area contributed by atoms with Gasteiger partial charge in [-0.15, -0.1) is 0 Å². The number of carbonyl (C=O) groups excluding carboxylic acids is 2. The lowest BCUT2D eigenvalue weighted by atomic mass is 9.85. The fourth-order valence-corrected chi connectivity index (χ4v) is 10.9. The minimum absolute atomic E-state index is 0.0909. The summed E-state index contributed by atoms with van der Waals surface area (Å²) in [6.45, 7) is 24.2. The number of aliphatic hydroxyl groups excluding tert-OH is 1. The summed E-state index contributed by atoms with van der Waals surface area (Å²) < 4.78 is 11.2. The monoisotopic (exact) mass is 893 g/mol. The predicted molar refractivity (Wildman–Crippen MR) is 265 cm³/mol. The third-order valence-corrected chi connectivity index (χ3v) is 15.2. The van der Waals surface area contributed by atoms with Crippen LogP contribution in [0.5, 0.6) is 5.75 Å². The molecule has 356 valence electrons. The highest BCUT2D eigenvalue weighted by atomic mass is 16.5. The number of nitrogens with zero attached hydrogens (tertiary/aromatic N) is 1. The second-order valence-electron chi connectivity index (χ2n) is 20.7. The molecule has 8 bridgehead atoms. The molecular weight excluding hydrogens is 813 g/mol. The van der Waals surface area contributed by atoms with Gasteiger partial charge >= 0.3 is 11.9 Å². The van der Waals surface area contributed by atoms with Crippen LogP contribution in [0.2, 0.25) is 0 Å². The molecule has 3 aliphatic heterocycles. The fourth-order valence-electron chi connectivity index (χ4n) is 10.9. The summed E-state index contributed by atoms with van der Waals surface area (Å²) in [6.07, 6.45) is 14.0. The number of aryl methyl sites for hydroxylation is 2. The van der Waals surface area contributed by atoms with E-state index in [9.17, 15) is 19.8 Å². The minimum atomic E-state index is -0.640. The zero-order valence-electron chi connectivity index (χ0n) is 41.7. The molecule has 0 saturated heterocycles. The maximum atomic E-state index is 13.6. The first kappa shape index (κ1) is 49.7. The van der Waals surface area contributed by atoms with Crippen molar-refractivity contribution in [3.63, 3.8) is 0 Å². The van der Waals surface area contributed by atoms with Crippen molar-refractivity contribution in [1.82, 2.24) is 19.9 Å². The number of hydrogen-bond acceptors (Lipinski definition) is 7. The zero-order chi connectivity index (χ0) is 47.3. The van der Waals surface area contributed by atoms with Crippen LogP contribution in [0.15, 0.2) is 18.2 Å². The minimum Gasteiger partial charge on any atom is -0.512 e. The number of nitrogens with one attached hydrogen (secondary N) is 3. The van der Waals surface area contributed by atoms with Crippen molar-refractivity contribution < 1.29 is 29.3 Å². The van der Waals surface area contributed by atoms with E-state index in [2.05, 4.69) is 88.5 Å². The number of aliphatic hydroxyl groups is 1. The zero-order valence-corrected chi connectivity index (χ0v) is 41.7. The summed E-state index contributed by atoms with van der Waals surface area (Å²) in [7, 11) is 1.32. The number of fused-ring (bicyclic) bond motifs is 8. The number of rotatable bonds is 20. The van der Waals surface area contributed by atoms with E-state index in [0.717, 1.165) is 92.7 Å². The summed E-state index contributed by atoms with van der Waals surface area (Å²) in [5.74, 6) is 1.97. The van der Waals surface area contributed by atoms with Gasteiger partial charge in [0.1, 0.15) is 11.3 Å². The largest absolute Gasteiger partial charge is 0.512 e. The molecule has 0 saturated carbocycles. The molecule has 10 nitrogen and oxygen atoms in total. The predicted octanol–water partition coefficient (Wildman–Crippen LogP) is 13.8. The fraction of sp³-hybridized carbons (Fsp3) is 0.618. The quantitative estimate of drug-likeness (QED) is 0.0554. The molecule has 5 N–H and O–H groups in total. The van der Waals surface area contributed by atoms with Crippen molar-refractivity contribution in [3.8, 4) is 17.0 Å². The van der Waals surface area contributed by atoms with Gasteiger partial charge in [0.15, 0.2) is 0 Å². The summed E-state index contributed by atoms with van der Waals surface area (Å²) in [6, 6.07) is 6.19. The number of methoxy groups -OCH3 is 1. The van der Waals surface area contributed by atoms with Gasteiger partial charge in [0.05, 0.1) is 30.7 Å². The Labute approximate surface area is 388 Å². The SMILES string of the molecule is CCC1c2cc3[nH]c4c(c(O)c(C(=O)OC)c-4c4[nH]c(cc5[nH]c(cc(n2)C1C)/c(=C(/C)O)c5C)C(C)C4CCC(=O)OCCC(C)CCCC(C)CCCC(C)CCCC(C)C)c3C. The highest BCUT2D eigenvalue weighted by Crippen LogP contribution is 2.52. The van der Waals surface area contributed by atoms with Gasteiger partial charge in [-0.2, -0.15) is 0 Å². The number of aromatic nitrogens is 4. The molecule has 10 heteroatoms. The smallest absolute Gasteiger partial charge is 0.342 e. The Balaban J connectivity index is 1.23. The van der Waals surface area contributed by atoms with E-state index >= 15 is 0 Å². The van der Waals surface area contributed by atoms with Gasteiger partial charge in [-0.1, -0.05) is 113 Å². The molecule has 4 aliphatic rings. The topological polar surface area (TPSA) is 153 Å². The second kappa shape index (κ2) is 21.7.